The van der Waals surface area contributed by atoms with Gasteiger partial charge in [-0.3, -0.25) is 0 Å². The van der Waals surface area contributed by atoms with Crippen molar-refractivity contribution >= 4 is 50.2 Å². The van der Waals surface area contributed by atoms with Crippen molar-refractivity contribution in [1.82, 2.24) is 4.90 Å². The Kier molecular flexibility index (Phi) is 8.57. The summed E-state index contributed by atoms with van der Waals surface area (Å²) >= 11 is 6.73. The summed E-state index contributed by atoms with van der Waals surface area (Å²) in [5, 5.41) is 11.3. The number of likely N-dealkylation sites (N-methyl/N-ethyl adjacent to an activating group) is 1. The highest BCUT2D eigenvalue weighted by Gasteiger charge is 2.41. The lowest BCUT2D eigenvalue weighted by Gasteiger charge is -2.27. The van der Waals surface area contributed by atoms with Gasteiger partial charge in [0.25, 0.3) is 0 Å². The Morgan fingerprint density at radius 1 is 1.00 bits per heavy atom. The molecule has 0 unspecified atom stereocenters. The molecule has 7 heteroatoms. The van der Waals surface area contributed by atoms with E-state index in [1.165, 1.54) is 0 Å². The topological polar surface area (TPSA) is 49.8 Å². The largest absolute Gasteiger partial charge is 0.462 e. The summed E-state index contributed by atoms with van der Waals surface area (Å²) in [6, 6.07) is 14.0. The minimum Gasteiger partial charge on any atom is -0.462 e. The Morgan fingerprint density at radius 2 is 1.40 bits per heavy atom. The number of benzene rings is 2. The van der Waals surface area contributed by atoms with E-state index >= 15 is 0 Å². The Balaban J connectivity index is 0.00000312. The van der Waals surface area contributed by atoms with Crippen molar-refractivity contribution in [2.45, 2.75) is 5.60 Å². The van der Waals surface area contributed by atoms with E-state index in [4.69, 9.17) is 4.74 Å². The molecule has 0 saturated carbocycles. The Bertz CT molecular complexity index is 645. The summed E-state index contributed by atoms with van der Waals surface area (Å²) in [4.78, 5) is 14.6. The van der Waals surface area contributed by atoms with E-state index in [0.717, 1.165) is 8.95 Å². The maximum Gasteiger partial charge on any atom is 0.347 e. The lowest BCUT2D eigenvalue weighted by atomic mass is 9.86. The molecule has 0 aliphatic carbocycles. The van der Waals surface area contributed by atoms with Crippen LogP contribution in [0.25, 0.3) is 0 Å². The molecule has 0 aliphatic heterocycles. The van der Waals surface area contributed by atoms with Crippen molar-refractivity contribution < 1.29 is 14.6 Å². The maximum absolute atomic E-state index is 12.7. The molecule has 2 rings (SSSR count). The number of nitrogens with zero attached hydrogens (tertiary/aromatic N) is 1. The van der Waals surface area contributed by atoms with Crippen LogP contribution >= 0.6 is 44.3 Å². The van der Waals surface area contributed by atoms with Gasteiger partial charge in [0.2, 0.25) is 5.60 Å². The number of hydrogen-bond acceptors (Lipinski definition) is 4. The first-order valence-corrected chi connectivity index (χ1v) is 8.99. The molecule has 0 radical (unpaired) electrons. The predicted octanol–water partition coefficient (Wildman–Crippen LogP) is 3.97. The van der Waals surface area contributed by atoms with E-state index in [2.05, 4.69) is 31.9 Å². The van der Waals surface area contributed by atoms with Gasteiger partial charge in [-0.25, -0.2) is 4.79 Å². The summed E-state index contributed by atoms with van der Waals surface area (Å²) in [5.41, 5.74) is -0.931. The molecule has 0 bridgehead atoms. The first-order valence-electron chi connectivity index (χ1n) is 7.40. The molecule has 0 aliphatic rings. The summed E-state index contributed by atoms with van der Waals surface area (Å²) in [7, 11) is 3.78. The maximum atomic E-state index is 12.7. The predicted molar refractivity (Wildman–Crippen MR) is 108 cm³/mol. The molecule has 0 saturated heterocycles. The summed E-state index contributed by atoms with van der Waals surface area (Å²) < 4.78 is 7.07. The minimum atomic E-state index is -1.85. The van der Waals surface area contributed by atoms with Gasteiger partial charge in [-0.15, -0.1) is 12.4 Å². The number of hydrogen-bond donors (Lipinski definition) is 1. The van der Waals surface area contributed by atoms with Crippen molar-refractivity contribution in [2.75, 3.05) is 27.2 Å². The molecule has 136 valence electrons. The highest BCUT2D eigenvalue weighted by molar-refractivity contribution is 9.10. The SMILES string of the molecule is CN(C)CCOC(=O)C(O)(c1ccc(Br)cc1)c1ccc(Br)cc1.Cl. The fourth-order valence-corrected chi connectivity index (χ4v) is 2.74. The molecule has 2 aromatic carbocycles. The quantitative estimate of drug-likeness (QED) is 0.619. The number of esters is 1. The summed E-state index contributed by atoms with van der Waals surface area (Å²) in [6.07, 6.45) is 0. The van der Waals surface area contributed by atoms with E-state index in [1.54, 1.807) is 48.5 Å². The first-order chi connectivity index (χ1) is 11.3. The van der Waals surface area contributed by atoms with Crippen LogP contribution in [0.3, 0.4) is 0 Å². The highest BCUT2D eigenvalue weighted by Crippen LogP contribution is 2.32. The zero-order chi connectivity index (χ0) is 17.7. The smallest absolute Gasteiger partial charge is 0.347 e. The molecular weight excluding hydrogens is 473 g/mol. The lowest BCUT2D eigenvalue weighted by Crippen LogP contribution is -2.39. The van der Waals surface area contributed by atoms with E-state index in [9.17, 15) is 9.90 Å². The number of aliphatic hydroxyl groups is 1. The van der Waals surface area contributed by atoms with Gasteiger partial charge < -0.3 is 14.7 Å². The van der Waals surface area contributed by atoms with Gasteiger partial charge in [0.15, 0.2) is 0 Å². The molecule has 0 fully saturated rings. The molecule has 0 heterocycles. The van der Waals surface area contributed by atoms with Gasteiger partial charge in [0, 0.05) is 15.5 Å². The monoisotopic (exact) mass is 491 g/mol. The van der Waals surface area contributed by atoms with E-state index < -0.39 is 11.6 Å². The molecule has 1 N–H and O–H groups in total. The van der Waals surface area contributed by atoms with Crippen LogP contribution in [0.1, 0.15) is 11.1 Å². The van der Waals surface area contributed by atoms with Crippen LogP contribution in [-0.4, -0.2) is 43.2 Å². The molecule has 4 nitrogen and oxygen atoms in total. The van der Waals surface area contributed by atoms with E-state index in [-0.39, 0.29) is 19.0 Å². The van der Waals surface area contributed by atoms with Crippen LogP contribution < -0.4 is 0 Å². The fraction of sp³-hybridized carbons (Fsp3) is 0.278. The number of halogens is 3. The number of carbonyl (C=O) groups is 1. The Labute approximate surface area is 170 Å². The normalized spacial score (nSPS) is 11.1. The second-order valence-corrected chi connectivity index (χ2v) is 7.49. The average Bonchev–Trinajstić information content (AvgIpc) is 2.55. The zero-order valence-corrected chi connectivity index (χ0v) is 17.9. The third-order valence-corrected chi connectivity index (χ3v) is 4.65. The van der Waals surface area contributed by atoms with Crippen molar-refractivity contribution in [3.05, 3.63) is 68.6 Å². The standard InChI is InChI=1S/C18H19Br2NO3.ClH/c1-21(2)11-12-24-17(22)18(23,13-3-7-15(19)8-4-13)14-5-9-16(20)10-6-14;/h3-10,23H,11-12H2,1-2H3;1H. The van der Waals surface area contributed by atoms with Crippen LogP contribution in [0.15, 0.2) is 57.5 Å². The number of carbonyl (C=O) groups excluding carboxylic acids is 1. The molecule has 25 heavy (non-hydrogen) atoms. The molecule has 0 aromatic heterocycles. The fourth-order valence-electron chi connectivity index (χ4n) is 2.21. The van der Waals surface area contributed by atoms with Crippen LogP contribution in [0, 0.1) is 0 Å². The van der Waals surface area contributed by atoms with Gasteiger partial charge in [0.05, 0.1) is 0 Å². The summed E-state index contributed by atoms with van der Waals surface area (Å²) in [5.74, 6) is -0.686. The van der Waals surface area contributed by atoms with Crippen molar-refractivity contribution in [2.24, 2.45) is 0 Å². The van der Waals surface area contributed by atoms with Gasteiger partial charge in [-0.05, 0) is 49.5 Å². The van der Waals surface area contributed by atoms with Crippen LogP contribution in [0.5, 0.6) is 0 Å². The zero-order valence-electron chi connectivity index (χ0n) is 13.9. The van der Waals surface area contributed by atoms with Gasteiger partial charge >= 0.3 is 5.97 Å². The van der Waals surface area contributed by atoms with Crippen molar-refractivity contribution in [3.63, 3.8) is 0 Å². The number of rotatable bonds is 6. The van der Waals surface area contributed by atoms with Gasteiger partial charge in [0.1, 0.15) is 6.61 Å². The molecular formula is C18H20Br2ClNO3. The van der Waals surface area contributed by atoms with Crippen molar-refractivity contribution in [1.29, 1.82) is 0 Å². The van der Waals surface area contributed by atoms with Crippen LogP contribution in [0.2, 0.25) is 0 Å². The van der Waals surface area contributed by atoms with Crippen LogP contribution in [0.4, 0.5) is 0 Å². The molecule has 0 atom stereocenters. The second kappa shape index (κ2) is 9.69. The summed E-state index contributed by atoms with van der Waals surface area (Å²) in [6.45, 7) is 0.795. The molecule has 0 spiro atoms. The minimum absolute atomic E-state index is 0. The van der Waals surface area contributed by atoms with Crippen molar-refractivity contribution in [3.8, 4) is 0 Å². The average molecular weight is 494 g/mol. The third-order valence-electron chi connectivity index (χ3n) is 3.59. The Morgan fingerprint density at radius 3 is 1.76 bits per heavy atom. The third kappa shape index (κ3) is 5.53. The second-order valence-electron chi connectivity index (χ2n) is 5.66. The van der Waals surface area contributed by atoms with Gasteiger partial charge in [-0.1, -0.05) is 56.1 Å². The molecule has 2 aromatic rings. The highest BCUT2D eigenvalue weighted by atomic mass is 79.9. The lowest BCUT2D eigenvalue weighted by molar-refractivity contribution is -0.162. The van der Waals surface area contributed by atoms with E-state index in [0.29, 0.717) is 17.7 Å². The first kappa shape index (κ1) is 22.1. The van der Waals surface area contributed by atoms with Crippen LogP contribution in [-0.2, 0) is 15.1 Å². The molecule has 0 amide bonds. The number of ether oxygens (including phenoxy) is 1. The Hall–Kier alpha value is -0.920. The van der Waals surface area contributed by atoms with Gasteiger partial charge in [-0.2, -0.15) is 0 Å². The van der Waals surface area contributed by atoms with E-state index in [1.807, 2.05) is 19.0 Å².